The van der Waals surface area contributed by atoms with E-state index in [1.54, 1.807) is 12.5 Å². The standard InChI is InChI=1S/C14H16N2O3/c1-18-14(17)11-4-2-3-8-16(11)13-10-6-9-19-12(10)5-7-15-13/h5-7,9,11H,2-4,8H2,1H3. The maximum Gasteiger partial charge on any atom is 0.328 e. The van der Waals surface area contributed by atoms with E-state index in [9.17, 15) is 4.79 Å². The summed E-state index contributed by atoms with van der Waals surface area (Å²) in [6.45, 7) is 0.817. The van der Waals surface area contributed by atoms with Gasteiger partial charge in [-0.15, -0.1) is 0 Å². The molecule has 1 aliphatic rings. The fraction of sp³-hybridized carbons (Fsp3) is 0.429. The van der Waals surface area contributed by atoms with Crippen molar-refractivity contribution in [3.63, 3.8) is 0 Å². The largest absolute Gasteiger partial charge is 0.467 e. The molecular weight excluding hydrogens is 244 g/mol. The van der Waals surface area contributed by atoms with Gasteiger partial charge in [0, 0.05) is 12.7 Å². The number of ether oxygens (including phenoxy) is 1. The number of carbonyl (C=O) groups is 1. The van der Waals surface area contributed by atoms with E-state index in [4.69, 9.17) is 9.15 Å². The summed E-state index contributed by atoms with van der Waals surface area (Å²) in [5.41, 5.74) is 0.791. The fourth-order valence-corrected chi connectivity index (χ4v) is 2.67. The van der Waals surface area contributed by atoms with Gasteiger partial charge in [0.05, 0.1) is 18.8 Å². The average molecular weight is 260 g/mol. The Labute approximate surface area is 111 Å². The molecule has 1 atom stereocenters. The zero-order chi connectivity index (χ0) is 13.2. The molecule has 0 saturated carbocycles. The van der Waals surface area contributed by atoms with E-state index in [0.717, 1.165) is 42.6 Å². The van der Waals surface area contributed by atoms with E-state index in [-0.39, 0.29) is 12.0 Å². The van der Waals surface area contributed by atoms with E-state index in [0.29, 0.717) is 0 Å². The van der Waals surface area contributed by atoms with Crippen molar-refractivity contribution >= 4 is 22.8 Å². The van der Waals surface area contributed by atoms with Crippen LogP contribution in [0, 0.1) is 0 Å². The molecule has 0 spiro atoms. The van der Waals surface area contributed by atoms with Gasteiger partial charge in [0.1, 0.15) is 17.4 Å². The Bertz CT molecular complexity index is 593. The molecule has 2 aromatic rings. The van der Waals surface area contributed by atoms with E-state index in [1.165, 1.54) is 7.11 Å². The summed E-state index contributed by atoms with van der Waals surface area (Å²) in [5.74, 6) is 0.614. The van der Waals surface area contributed by atoms with E-state index >= 15 is 0 Å². The summed E-state index contributed by atoms with van der Waals surface area (Å²) in [4.78, 5) is 18.4. The molecule has 2 aromatic heterocycles. The Morgan fingerprint density at radius 2 is 2.37 bits per heavy atom. The second-order valence-corrected chi connectivity index (χ2v) is 4.70. The molecule has 5 heteroatoms. The lowest BCUT2D eigenvalue weighted by Gasteiger charge is -2.34. The van der Waals surface area contributed by atoms with Crippen LogP contribution in [-0.2, 0) is 9.53 Å². The molecule has 100 valence electrons. The quantitative estimate of drug-likeness (QED) is 0.776. The number of methoxy groups -OCH3 is 1. The summed E-state index contributed by atoms with van der Waals surface area (Å²) >= 11 is 0. The van der Waals surface area contributed by atoms with Crippen LogP contribution in [0.5, 0.6) is 0 Å². The number of esters is 1. The number of carbonyl (C=O) groups excluding carboxylic acids is 1. The highest BCUT2D eigenvalue weighted by Gasteiger charge is 2.31. The van der Waals surface area contributed by atoms with Gasteiger partial charge in [0.25, 0.3) is 0 Å². The average Bonchev–Trinajstić information content (AvgIpc) is 2.94. The van der Waals surface area contributed by atoms with Crippen LogP contribution in [0.3, 0.4) is 0 Å². The minimum Gasteiger partial charge on any atom is -0.467 e. The van der Waals surface area contributed by atoms with Gasteiger partial charge in [0.2, 0.25) is 0 Å². The predicted molar refractivity (Wildman–Crippen MR) is 71.0 cm³/mol. The Morgan fingerprint density at radius 1 is 1.47 bits per heavy atom. The highest BCUT2D eigenvalue weighted by molar-refractivity contribution is 5.91. The van der Waals surface area contributed by atoms with Crippen LogP contribution in [0.4, 0.5) is 5.82 Å². The zero-order valence-corrected chi connectivity index (χ0v) is 10.8. The first-order valence-electron chi connectivity index (χ1n) is 6.48. The van der Waals surface area contributed by atoms with Gasteiger partial charge in [-0.25, -0.2) is 9.78 Å². The van der Waals surface area contributed by atoms with Gasteiger partial charge >= 0.3 is 5.97 Å². The number of hydrogen-bond acceptors (Lipinski definition) is 5. The molecule has 1 aliphatic heterocycles. The first-order valence-corrected chi connectivity index (χ1v) is 6.48. The Balaban J connectivity index is 2.02. The monoisotopic (exact) mass is 260 g/mol. The molecule has 0 aliphatic carbocycles. The van der Waals surface area contributed by atoms with Crippen molar-refractivity contribution in [1.82, 2.24) is 4.98 Å². The lowest BCUT2D eigenvalue weighted by molar-refractivity contribution is -0.142. The molecule has 0 amide bonds. The van der Waals surface area contributed by atoms with E-state index < -0.39 is 0 Å². The molecule has 0 bridgehead atoms. The fourth-order valence-electron chi connectivity index (χ4n) is 2.67. The highest BCUT2D eigenvalue weighted by Crippen LogP contribution is 2.30. The number of pyridine rings is 1. The summed E-state index contributed by atoms with van der Waals surface area (Å²) < 4.78 is 10.3. The van der Waals surface area contributed by atoms with Gasteiger partial charge in [-0.2, -0.15) is 0 Å². The number of nitrogens with zero attached hydrogens (tertiary/aromatic N) is 2. The zero-order valence-electron chi connectivity index (χ0n) is 10.8. The number of hydrogen-bond donors (Lipinski definition) is 0. The SMILES string of the molecule is COC(=O)C1CCCCN1c1nccc2occc12. The van der Waals surface area contributed by atoms with Crippen LogP contribution in [0.25, 0.3) is 11.0 Å². The molecule has 1 fully saturated rings. The van der Waals surface area contributed by atoms with Crippen molar-refractivity contribution in [2.24, 2.45) is 0 Å². The summed E-state index contributed by atoms with van der Waals surface area (Å²) in [7, 11) is 1.43. The maximum atomic E-state index is 11.9. The van der Waals surface area contributed by atoms with Gasteiger partial charge in [-0.3, -0.25) is 0 Å². The van der Waals surface area contributed by atoms with Crippen molar-refractivity contribution in [2.75, 3.05) is 18.6 Å². The lowest BCUT2D eigenvalue weighted by atomic mass is 10.0. The lowest BCUT2D eigenvalue weighted by Crippen LogP contribution is -2.45. The molecule has 0 radical (unpaired) electrons. The van der Waals surface area contributed by atoms with Crippen LogP contribution < -0.4 is 4.90 Å². The van der Waals surface area contributed by atoms with Crippen LogP contribution in [0.2, 0.25) is 0 Å². The van der Waals surface area contributed by atoms with Gasteiger partial charge in [-0.1, -0.05) is 0 Å². The molecular formula is C14H16N2O3. The highest BCUT2D eigenvalue weighted by atomic mass is 16.5. The predicted octanol–water partition coefficient (Wildman–Crippen LogP) is 2.36. The van der Waals surface area contributed by atoms with Crippen LogP contribution in [0.1, 0.15) is 19.3 Å². The first kappa shape index (κ1) is 12.0. The normalized spacial score (nSPS) is 19.6. The number of anilines is 1. The molecule has 1 unspecified atom stereocenters. The second kappa shape index (κ2) is 4.91. The minimum absolute atomic E-state index is 0.193. The van der Waals surface area contributed by atoms with Crippen molar-refractivity contribution < 1.29 is 13.9 Å². The third kappa shape index (κ3) is 2.05. The number of fused-ring (bicyclic) bond motifs is 1. The number of rotatable bonds is 2. The maximum absolute atomic E-state index is 11.9. The Kier molecular flexibility index (Phi) is 3.11. The first-order chi connectivity index (χ1) is 9.31. The molecule has 0 N–H and O–H groups in total. The topological polar surface area (TPSA) is 55.6 Å². The molecule has 5 nitrogen and oxygen atoms in total. The third-order valence-corrected chi connectivity index (χ3v) is 3.61. The van der Waals surface area contributed by atoms with E-state index in [1.807, 2.05) is 17.0 Å². The molecule has 3 heterocycles. The number of furan rings is 1. The van der Waals surface area contributed by atoms with E-state index in [2.05, 4.69) is 4.98 Å². The van der Waals surface area contributed by atoms with Crippen molar-refractivity contribution in [3.8, 4) is 0 Å². The second-order valence-electron chi connectivity index (χ2n) is 4.70. The van der Waals surface area contributed by atoms with Crippen molar-refractivity contribution in [2.45, 2.75) is 25.3 Å². The van der Waals surface area contributed by atoms with Gasteiger partial charge in [-0.05, 0) is 31.4 Å². The number of aromatic nitrogens is 1. The molecule has 1 saturated heterocycles. The van der Waals surface area contributed by atoms with Gasteiger partial charge < -0.3 is 14.1 Å². The minimum atomic E-state index is -0.244. The molecule has 0 aromatic carbocycles. The molecule has 19 heavy (non-hydrogen) atoms. The summed E-state index contributed by atoms with van der Waals surface area (Å²) in [6, 6.07) is 3.48. The summed E-state index contributed by atoms with van der Waals surface area (Å²) in [5, 5.41) is 0.943. The van der Waals surface area contributed by atoms with Crippen molar-refractivity contribution in [3.05, 3.63) is 24.6 Å². The van der Waals surface area contributed by atoms with Crippen LogP contribution >= 0.6 is 0 Å². The smallest absolute Gasteiger partial charge is 0.328 e. The van der Waals surface area contributed by atoms with Crippen LogP contribution in [-0.4, -0.2) is 30.6 Å². The molecule has 3 rings (SSSR count). The third-order valence-electron chi connectivity index (χ3n) is 3.61. The Hall–Kier alpha value is -2.04. The number of piperidine rings is 1. The van der Waals surface area contributed by atoms with Crippen LogP contribution in [0.15, 0.2) is 29.0 Å². The van der Waals surface area contributed by atoms with Gasteiger partial charge in [0.15, 0.2) is 0 Å². The van der Waals surface area contributed by atoms with Crippen molar-refractivity contribution in [1.29, 1.82) is 0 Å². The Morgan fingerprint density at radius 3 is 3.21 bits per heavy atom. The summed E-state index contributed by atoms with van der Waals surface area (Å²) in [6.07, 6.45) is 6.26.